The normalized spacial score (nSPS) is 10.9. The SMILES string of the molecule is Cc1ccc(-n2c(SCC(=O)Nc3c(Cl)cccc3Cl)nnc2-c2ccccc2F)cc1. The molecular formula is C23H17Cl2FN4OS. The molecule has 0 bridgehead atoms. The molecule has 0 aliphatic carbocycles. The first-order valence-electron chi connectivity index (χ1n) is 9.58. The maximum Gasteiger partial charge on any atom is 0.234 e. The van der Waals surface area contributed by atoms with E-state index in [2.05, 4.69) is 15.5 Å². The van der Waals surface area contributed by atoms with Crippen molar-refractivity contribution in [3.05, 3.63) is 88.2 Å². The van der Waals surface area contributed by atoms with E-state index < -0.39 is 5.82 Å². The Morgan fingerprint density at radius 3 is 2.38 bits per heavy atom. The third-order valence-electron chi connectivity index (χ3n) is 4.60. The summed E-state index contributed by atoms with van der Waals surface area (Å²) in [6, 6.07) is 19.0. The largest absolute Gasteiger partial charge is 0.323 e. The fourth-order valence-electron chi connectivity index (χ4n) is 3.03. The van der Waals surface area contributed by atoms with Crippen LogP contribution in [0.5, 0.6) is 0 Å². The summed E-state index contributed by atoms with van der Waals surface area (Å²) in [5.74, 6) is -0.334. The maximum absolute atomic E-state index is 14.5. The number of benzene rings is 3. The second-order valence-corrected chi connectivity index (χ2v) is 8.65. The standard InChI is InChI=1S/C23H17Cl2FN4OS/c1-14-9-11-15(12-10-14)30-22(16-5-2-3-8-19(16)26)28-29-23(30)32-13-20(31)27-21-17(24)6-4-7-18(21)25/h2-12H,13H2,1H3,(H,27,31). The summed E-state index contributed by atoms with van der Waals surface area (Å²) >= 11 is 13.4. The molecule has 1 amide bonds. The van der Waals surface area contributed by atoms with Crippen LogP contribution in [0, 0.1) is 12.7 Å². The van der Waals surface area contributed by atoms with Crippen LogP contribution in [-0.2, 0) is 4.79 Å². The van der Waals surface area contributed by atoms with Crippen LogP contribution < -0.4 is 5.32 Å². The van der Waals surface area contributed by atoms with Crippen LogP contribution in [0.2, 0.25) is 10.0 Å². The molecule has 0 spiro atoms. The minimum atomic E-state index is -0.407. The van der Waals surface area contributed by atoms with Crippen molar-refractivity contribution in [1.29, 1.82) is 0 Å². The van der Waals surface area contributed by atoms with Crippen molar-refractivity contribution in [3.63, 3.8) is 0 Å². The molecule has 4 aromatic rings. The average Bonchev–Trinajstić information content (AvgIpc) is 3.19. The number of halogens is 3. The van der Waals surface area contributed by atoms with E-state index in [-0.39, 0.29) is 11.7 Å². The lowest BCUT2D eigenvalue weighted by atomic mass is 10.2. The van der Waals surface area contributed by atoms with Gasteiger partial charge in [0, 0.05) is 5.69 Å². The number of rotatable bonds is 6. The highest BCUT2D eigenvalue weighted by Gasteiger charge is 2.20. The summed E-state index contributed by atoms with van der Waals surface area (Å²) in [5, 5.41) is 12.3. The van der Waals surface area contributed by atoms with Gasteiger partial charge < -0.3 is 5.32 Å². The number of hydrogen-bond acceptors (Lipinski definition) is 4. The minimum absolute atomic E-state index is 0.0306. The lowest BCUT2D eigenvalue weighted by Crippen LogP contribution is -2.15. The maximum atomic E-state index is 14.5. The third kappa shape index (κ3) is 4.80. The molecule has 9 heteroatoms. The Morgan fingerprint density at radius 2 is 1.69 bits per heavy atom. The molecule has 1 N–H and O–H groups in total. The van der Waals surface area contributed by atoms with Gasteiger partial charge >= 0.3 is 0 Å². The number of nitrogens with zero attached hydrogens (tertiary/aromatic N) is 3. The second-order valence-electron chi connectivity index (χ2n) is 6.89. The van der Waals surface area contributed by atoms with Gasteiger partial charge in [-0.2, -0.15) is 0 Å². The predicted octanol–water partition coefficient (Wildman–Crippen LogP) is 6.42. The van der Waals surface area contributed by atoms with Crippen LogP contribution in [-0.4, -0.2) is 26.4 Å². The predicted molar refractivity (Wildman–Crippen MR) is 127 cm³/mol. The lowest BCUT2D eigenvalue weighted by Gasteiger charge is -2.12. The van der Waals surface area contributed by atoms with Gasteiger partial charge in [-0.3, -0.25) is 9.36 Å². The molecule has 0 aliphatic heterocycles. The molecule has 1 aromatic heterocycles. The highest BCUT2D eigenvalue weighted by atomic mass is 35.5. The Bertz CT molecular complexity index is 1260. The van der Waals surface area contributed by atoms with Crippen LogP contribution in [0.15, 0.2) is 71.9 Å². The number of carbonyl (C=O) groups excluding carboxylic acids is 1. The van der Waals surface area contributed by atoms with Gasteiger partial charge in [-0.25, -0.2) is 4.39 Å². The molecule has 5 nitrogen and oxygen atoms in total. The van der Waals surface area contributed by atoms with Gasteiger partial charge in [0.2, 0.25) is 5.91 Å². The molecular weight excluding hydrogens is 470 g/mol. The fraction of sp³-hybridized carbons (Fsp3) is 0.0870. The van der Waals surface area contributed by atoms with Crippen molar-refractivity contribution in [2.24, 2.45) is 0 Å². The van der Waals surface area contributed by atoms with E-state index >= 15 is 0 Å². The van der Waals surface area contributed by atoms with Crippen molar-refractivity contribution >= 4 is 46.6 Å². The number of anilines is 1. The molecule has 32 heavy (non-hydrogen) atoms. The zero-order chi connectivity index (χ0) is 22.7. The summed E-state index contributed by atoms with van der Waals surface area (Å²) in [6.45, 7) is 1.98. The summed E-state index contributed by atoms with van der Waals surface area (Å²) in [5.41, 5.74) is 2.52. The number of amides is 1. The van der Waals surface area contributed by atoms with Crippen LogP contribution in [0.1, 0.15) is 5.56 Å². The zero-order valence-electron chi connectivity index (χ0n) is 16.8. The van der Waals surface area contributed by atoms with Gasteiger partial charge in [-0.05, 0) is 43.3 Å². The summed E-state index contributed by atoms with van der Waals surface area (Å²) in [6.07, 6.45) is 0. The van der Waals surface area contributed by atoms with Crippen molar-refractivity contribution in [3.8, 4) is 17.1 Å². The Labute approximate surface area is 198 Å². The minimum Gasteiger partial charge on any atom is -0.323 e. The van der Waals surface area contributed by atoms with E-state index in [9.17, 15) is 9.18 Å². The van der Waals surface area contributed by atoms with Crippen molar-refractivity contribution in [2.75, 3.05) is 11.1 Å². The molecule has 3 aromatic carbocycles. The van der Waals surface area contributed by atoms with Gasteiger partial charge in [0.15, 0.2) is 11.0 Å². The van der Waals surface area contributed by atoms with Gasteiger partial charge in [-0.1, -0.05) is 70.9 Å². The van der Waals surface area contributed by atoms with E-state index in [0.717, 1.165) is 11.3 Å². The number of para-hydroxylation sites is 1. The number of carbonyl (C=O) groups is 1. The first-order valence-corrected chi connectivity index (χ1v) is 11.3. The molecule has 0 atom stereocenters. The van der Waals surface area contributed by atoms with E-state index in [4.69, 9.17) is 23.2 Å². The first-order chi connectivity index (χ1) is 15.4. The number of hydrogen-bond donors (Lipinski definition) is 1. The molecule has 0 aliphatic rings. The molecule has 4 rings (SSSR count). The van der Waals surface area contributed by atoms with Crippen LogP contribution >= 0.6 is 35.0 Å². The summed E-state index contributed by atoms with van der Waals surface area (Å²) < 4.78 is 16.2. The van der Waals surface area contributed by atoms with Crippen molar-refractivity contribution < 1.29 is 9.18 Å². The zero-order valence-corrected chi connectivity index (χ0v) is 19.2. The quantitative estimate of drug-likeness (QED) is 0.319. The van der Waals surface area contributed by atoms with Gasteiger partial charge in [0.25, 0.3) is 0 Å². The van der Waals surface area contributed by atoms with Crippen molar-refractivity contribution in [2.45, 2.75) is 12.1 Å². The summed E-state index contributed by atoms with van der Waals surface area (Å²) in [7, 11) is 0. The highest BCUT2D eigenvalue weighted by molar-refractivity contribution is 7.99. The monoisotopic (exact) mass is 486 g/mol. The Balaban J connectivity index is 1.63. The average molecular weight is 487 g/mol. The van der Waals surface area contributed by atoms with E-state index in [1.165, 1.54) is 17.8 Å². The van der Waals surface area contributed by atoms with E-state index in [1.54, 1.807) is 41.0 Å². The van der Waals surface area contributed by atoms with E-state index in [0.29, 0.717) is 32.3 Å². The van der Waals surface area contributed by atoms with Gasteiger partial charge in [0.1, 0.15) is 5.82 Å². The molecule has 0 radical (unpaired) electrons. The van der Waals surface area contributed by atoms with E-state index in [1.807, 2.05) is 31.2 Å². The molecule has 0 saturated heterocycles. The second kappa shape index (κ2) is 9.73. The highest BCUT2D eigenvalue weighted by Crippen LogP contribution is 2.32. The summed E-state index contributed by atoms with van der Waals surface area (Å²) in [4.78, 5) is 12.5. The number of nitrogens with one attached hydrogen (secondary N) is 1. The first kappa shape index (κ1) is 22.3. The number of aromatic nitrogens is 3. The van der Waals surface area contributed by atoms with Crippen LogP contribution in [0.3, 0.4) is 0 Å². The smallest absolute Gasteiger partial charge is 0.234 e. The molecule has 1 heterocycles. The van der Waals surface area contributed by atoms with Crippen LogP contribution in [0.25, 0.3) is 17.1 Å². The topological polar surface area (TPSA) is 59.8 Å². The van der Waals surface area contributed by atoms with Crippen molar-refractivity contribution in [1.82, 2.24) is 14.8 Å². The molecule has 0 fully saturated rings. The van der Waals surface area contributed by atoms with Gasteiger partial charge in [-0.15, -0.1) is 10.2 Å². The third-order valence-corrected chi connectivity index (χ3v) is 6.16. The Kier molecular flexibility index (Phi) is 6.79. The number of aryl methyl sites for hydroxylation is 1. The fourth-order valence-corrected chi connectivity index (χ4v) is 4.27. The van der Waals surface area contributed by atoms with Gasteiger partial charge in [0.05, 0.1) is 27.0 Å². The molecule has 162 valence electrons. The Morgan fingerprint density at radius 1 is 1.00 bits per heavy atom. The molecule has 0 unspecified atom stereocenters. The lowest BCUT2D eigenvalue weighted by molar-refractivity contribution is -0.113. The molecule has 0 saturated carbocycles. The number of thioether (sulfide) groups is 1. The Hall–Kier alpha value is -2.87. The van der Waals surface area contributed by atoms with Crippen LogP contribution in [0.4, 0.5) is 10.1 Å².